The molecule has 0 fully saturated rings. The smallest absolute Gasteiger partial charge is 0.269 e. The first-order valence-electron chi connectivity index (χ1n) is 9.12. The van der Waals surface area contributed by atoms with Crippen molar-refractivity contribution in [2.24, 2.45) is 0 Å². The van der Waals surface area contributed by atoms with E-state index < -0.39 is 4.92 Å². The second-order valence-electron chi connectivity index (χ2n) is 7.04. The average Bonchev–Trinajstić information content (AvgIpc) is 3.00. The van der Waals surface area contributed by atoms with Crippen LogP contribution in [0.2, 0.25) is 0 Å². The summed E-state index contributed by atoms with van der Waals surface area (Å²) >= 11 is 0. The number of ketones is 2. The first-order chi connectivity index (χ1) is 13.8. The highest BCUT2D eigenvalue weighted by atomic mass is 16.6. The molecule has 0 aliphatic heterocycles. The minimum absolute atomic E-state index is 0.0251. The average molecular weight is 383 g/mol. The number of carbonyl (C=O) groups excluding carboxylic acids is 2. The maximum atomic E-state index is 11.9. The van der Waals surface area contributed by atoms with Crippen LogP contribution in [0.15, 0.2) is 60.7 Å². The van der Waals surface area contributed by atoms with Gasteiger partial charge in [0.1, 0.15) is 0 Å². The van der Waals surface area contributed by atoms with Crippen LogP contribution < -0.4 is 0 Å². The number of nitro benzene ring substituents is 1. The molecule has 0 saturated heterocycles. The first kappa shape index (κ1) is 18.5. The van der Waals surface area contributed by atoms with Gasteiger partial charge in [0.2, 0.25) is 0 Å². The molecule has 0 heterocycles. The fraction of sp³-hybridized carbons (Fsp3) is 0.0833. The Morgan fingerprint density at radius 1 is 0.759 bits per heavy atom. The lowest BCUT2D eigenvalue weighted by atomic mass is 9.97. The molecule has 0 radical (unpaired) electrons. The molecular formula is C24H17NO4. The number of hydrogen-bond acceptors (Lipinski definition) is 4. The van der Waals surface area contributed by atoms with E-state index in [1.165, 1.54) is 26.0 Å². The Bertz CT molecular complexity index is 1150. The van der Waals surface area contributed by atoms with Crippen molar-refractivity contribution in [3.05, 3.63) is 98.6 Å². The van der Waals surface area contributed by atoms with Crippen LogP contribution in [0.3, 0.4) is 0 Å². The van der Waals surface area contributed by atoms with Crippen molar-refractivity contribution in [1.29, 1.82) is 0 Å². The van der Waals surface area contributed by atoms with Crippen LogP contribution in [0.25, 0.3) is 22.8 Å². The van der Waals surface area contributed by atoms with Gasteiger partial charge in [-0.25, -0.2) is 0 Å². The molecule has 0 bridgehead atoms. The zero-order chi connectivity index (χ0) is 20.7. The van der Waals surface area contributed by atoms with Crippen LogP contribution >= 0.6 is 0 Å². The topological polar surface area (TPSA) is 77.3 Å². The molecule has 142 valence electrons. The van der Waals surface area contributed by atoms with Gasteiger partial charge in [-0.15, -0.1) is 0 Å². The van der Waals surface area contributed by atoms with Crippen molar-refractivity contribution in [3.63, 3.8) is 0 Å². The number of benzene rings is 3. The van der Waals surface area contributed by atoms with Crippen molar-refractivity contribution in [1.82, 2.24) is 0 Å². The van der Waals surface area contributed by atoms with Crippen LogP contribution in [0, 0.1) is 10.1 Å². The molecule has 5 nitrogen and oxygen atoms in total. The van der Waals surface area contributed by atoms with Crippen molar-refractivity contribution in [2.75, 3.05) is 0 Å². The summed E-state index contributed by atoms with van der Waals surface area (Å²) in [5, 5.41) is 10.9. The number of rotatable bonds is 4. The third-order valence-corrected chi connectivity index (χ3v) is 5.14. The number of non-ortho nitro benzene ring substituents is 1. The highest BCUT2D eigenvalue weighted by molar-refractivity contribution is 6.09. The summed E-state index contributed by atoms with van der Waals surface area (Å²) in [6, 6.07) is 17.5. The lowest BCUT2D eigenvalue weighted by Gasteiger charge is -2.06. The SMILES string of the molecule is CC(=O)c1ccc2c(c1)C(=Cc1ccc([N+](=O)[O-])cc1)c1cc(C(C)=O)ccc1-2. The van der Waals surface area contributed by atoms with Crippen molar-refractivity contribution in [3.8, 4) is 11.1 Å². The summed E-state index contributed by atoms with van der Waals surface area (Å²) in [6.07, 6.45) is 1.93. The summed E-state index contributed by atoms with van der Waals surface area (Å²) in [6.45, 7) is 3.05. The van der Waals surface area contributed by atoms with Gasteiger partial charge >= 0.3 is 0 Å². The van der Waals surface area contributed by atoms with E-state index in [2.05, 4.69) is 0 Å². The van der Waals surface area contributed by atoms with Crippen LogP contribution in [-0.4, -0.2) is 16.5 Å². The zero-order valence-electron chi connectivity index (χ0n) is 15.9. The van der Waals surface area contributed by atoms with Gasteiger partial charge in [-0.1, -0.05) is 24.3 Å². The van der Waals surface area contributed by atoms with Crippen LogP contribution in [0.4, 0.5) is 5.69 Å². The van der Waals surface area contributed by atoms with Crippen molar-refractivity contribution >= 4 is 28.9 Å². The quantitative estimate of drug-likeness (QED) is 0.262. The molecule has 3 aromatic rings. The van der Waals surface area contributed by atoms with E-state index in [0.717, 1.165) is 33.4 Å². The summed E-state index contributed by atoms with van der Waals surface area (Å²) in [7, 11) is 0. The Kier molecular flexibility index (Phi) is 4.43. The predicted molar refractivity (Wildman–Crippen MR) is 112 cm³/mol. The molecule has 0 saturated carbocycles. The molecule has 4 rings (SSSR count). The highest BCUT2D eigenvalue weighted by Gasteiger charge is 2.25. The number of hydrogen-bond donors (Lipinski definition) is 0. The Morgan fingerprint density at radius 3 is 1.66 bits per heavy atom. The maximum Gasteiger partial charge on any atom is 0.269 e. The molecule has 29 heavy (non-hydrogen) atoms. The number of fused-ring (bicyclic) bond motifs is 3. The first-order valence-corrected chi connectivity index (χ1v) is 9.12. The molecule has 1 aliphatic carbocycles. The summed E-state index contributed by atoms with van der Waals surface area (Å²) in [5.41, 5.74) is 6.73. The normalized spacial score (nSPS) is 11.6. The van der Waals surface area contributed by atoms with Crippen LogP contribution in [0.1, 0.15) is 51.3 Å². The summed E-state index contributed by atoms with van der Waals surface area (Å²) < 4.78 is 0. The summed E-state index contributed by atoms with van der Waals surface area (Å²) in [4.78, 5) is 34.3. The van der Waals surface area contributed by atoms with E-state index in [4.69, 9.17) is 0 Å². The fourth-order valence-electron chi connectivity index (χ4n) is 3.60. The van der Waals surface area contributed by atoms with Gasteiger partial charge < -0.3 is 0 Å². The number of Topliss-reactive ketones (excluding diaryl/α,β-unsaturated/α-hetero) is 2. The molecule has 3 aromatic carbocycles. The molecule has 0 atom stereocenters. The van der Waals surface area contributed by atoms with E-state index >= 15 is 0 Å². The van der Waals surface area contributed by atoms with Gasteiger partial charge in [0.05, 0.1) is 4.92 Å². The van der Waals surface area contributed by atoms with E-state index in [-0.39, 0.29) is 17.3 Å². The molecule has 0 N–H and O–H groups in total. The molecule has 0 amide bonds. The molecule has 1 aliphatic rings. The largest absolute Gasteiger partial charge is 0.295 e. The highest BCUT2D eigenvalue weighted by Crippen LogP contribution is 2.46. The summed E-state index contributed by atoms with van der Waals surface area (Å²) in [5.74, 6) is -0.0502. The fourth-order valence-corrected chi connectivity index (χ4v) is 3.60. The monoisotopic (exact) mass is 383 g/mol. The number of carbonyl (C=O) groups is 2. The van der Waals surface area contributed by atoms with E-state index in [1.807, 2.05) is 30.3 Å². The predicted octanol–water partition coefficient (Wildman–Crippen LogP) is 5.57. The van der Waals surface area contributed by atoms with Gasteiger partial charge in [-0.2, -0.15) is 0 Å². The Balaban J connectivity index is 1.93. The molecule has 0 spiro atoms. The third-order valence-electron chi connectivity index (χ3n) is 5.14. The maximum absolute atomic E-state index is 11.9. The van der Waals surface area contributed by atoms with Crippen LogP contribution in [-0.2, 0) is 0 Å². The second-order valence-corrected chi connectivity index (χ2v) is 7.04. The van der Waals surface area contributed by atoms with Gasteiger partial charge in [0.25, 0.3) is 5.69 Å². The van der Waals surface area contributed by atoms with Gasteiger partial charge in [0, 0.05) is 23.3 Å². The van der Waals surface area contributed by atoms with Gasteiger partial charge in [-0.05, 0) is 77.6 Å². The van der Waals surface area contributed by atoms with E-state index in [1.54, 1.807) is 24.3 Å². The lowest BCUT2D eigenvalue weighted by Crippen LogP contribution is -1.94. The molecular weight excluding hydrogens is 366 g/mol. The van der Waals surface area contributed by atoms with E-state index in [9.17, 15) is 19.7 Å². The minimum atomic E-state index is -0.435. The van der Waals surface area contributed by atoms with E-state index in [0.29, 0.717) is 11.1 Å². The third kappa shape index (κ3) is 3.27. The van der Waals surface area contributed by atoms with Gasteiger partial charge in [-0.3, -0.25) is 19.7 Å². The Labute approximate surface area is 167 Å². The number of nitro groups is 1. The zero-order valence-corrected chi connectivity index (χ0v) is 15.9. The van der Waals surface area contributed by atoms with Crippen molar-refractivity contribution < 1.29 is 14.5 Å². The van der Waals surface area contributed by atoms with Crippen LogP contribution in [0.5, 0.6) is 0 Å². The number of nitrogens with zero attached hydrogens (tertiary/aromatic N) is 1. The van der Waals surface area contributed by atoms with Gasteiger partial charge in [0.15, 0.2) is 11.6 Å². The Hall–Kier alpha value is -3.86. The lowest BCUT2D eigenvalue weighted by molar-refractivity contribution is -0.384. The van der Waals surface area contributed by atoms with Crippen molar-refractivity contribution in [2.45, 2.75) is 13.8 Å². The molecule has 5 heteroatoms. The molecule has 0 aromatic heterocycles. The standard InChI is InChI=1S/C24H17NO4/c1-14(26)17-5-9-20-21-10-6-18(15(2)27)13-24(21)22(23(20)12-17)11-16-3-7-19(8-4-16)25(28)29/h3-13H,1-2H3. The second kappa shape index (κ2) is 6.95. The molecule has 0 unspecified atom stereocenters. The minimum Gasteiger partial charge on any atom is -0.295 e. The Morgan fingerprint density at radius 2 is 1.24 bits per heavy atom.